The van der Waals surface area contributed by atoms with Gasteiger partial charge in [0.05, 0.1) is 6.42 Å². The van der Waals surface area contributed by atoms with Crippen LogP contribution in [-0.2, 0) is 20.0 Å². The maximum atomic E-state index is 14.1. The van der Waals surface area contributed by atoms with Crippen molar-refractivity contribution in [1.29, 1.82) is 0 Å². The maximum Gasteiger partial charge on any atom is 0.296 e. The van der Waals surface area contributed by atoms with Gasteiger partial charge in [0.25, 0.3) is 14.3 Å². The lowest BCUT2D eigenvalue weighted by molar-refractivity contribution is -0.134. The van der Waals surface area contributed by atoms with Crippen LogP contribution >= 0.6 is 0 Å². The highest BCUT2D eigenvalue weighted by molar-refractivity contribution is 7.84. The van der Waals surface area contributed by atoms with Crippen molar-refractivity contribution in [3.63, 3.8) is 0 Å². The van der Waals surface area contributed by atoms with Gasteiger partial charge in [-0.05, 0) is 88.8 Å². The number of halogens is 1. The van der Waals surface area contributed by atoms with Crippen molar-refractivity contribution >= 4 is 42.3 Å². The number of carbonyl (C=O) groups excluding carboxylic acids is 1. The van der Waals surface area contributed by atoms with Gasteiger partial charge in [0.1, 0.15) is 5.82 Å². The Morgan fingerprint density at radius 3 is 2.28 bits per heavy atom. The number of fused-ring (bicyclic) bond motifs is 1. The van der Waals surface area contributed by atoms with Gasteiger partial charge < -0.3 is 4.43 Å². The van der Waals surface area contributed by atoms with Crippen LogP contribution in [0.15, 0.2) is 52.9 Å². The summed E-state index contributed by atoms with van der Waals surface area (Å²) >= 11 is 0. The molecule has 0 aliphatic heterocycles. The van der Waals surface area contributed by atoms with Gasteiger partial charge in [-0.1, -0.05) is 39.0 Å². The van der Waals surface area contributed by atoms with E-state index in [4.69, 9.17) is 4.43 Å². The molecule has 170 valence electrons. The molecule has 0 saturated heterocycles. The molecule has 0 radical (unpaired) electrons. The van der Waals surface area contributed by atoms with E-state index in [1.807, 2.05) is 50.4 Å². The van der Waals surface area contributed by atoms with Crippen LogP contribution in [0, 0.1) is 5.82 Å². The van der Waals surface area contributed by atoms with Crippen molar-refractivity contribution in [2.75, 3.05) is 6.26 Å². The zero-order valence-corrected chi connectivity index (χ0v) is 21.7. The summed E-state index contributed by atoms with van der Waals surface area (Å²) in [7, 11) is -3.28. The Balaban J connectivity index is 1.98. The first kappa shape index (κ1) is 24.3. The van der Waals surface area contributed by atoms with Crippen molar-refractivity contribution in [3.05, 3.63) is 70.5 Å². The van der Waals surface area contributed by atoms with Crippen molar-refractivity contribution in [3.8, 4) is 0 Å². The molecular formula is C26H31FO3SSi. The summed E-state index contributed by atoms with van der Waals surface area (Å²) < 4.78 is 31.8. The molecule has 0 heterocycles. The molecule has 0 amide bonds. The normalized spacial score (nSPS) is 16.3. The second-order valence-corrected chi connectivity index (χ2v) is 15.9. The van der Waals surface area contributed by atoms with E-state index in [0.717, 1.165) is 38.3 Å². The highest BCUT2D eigenvalue weighted by Gasteiger charge is 2.40. The molecule has 2 aromatic rings. The van der Waals surface area contributed by atoms with Gasteiger partial charge in [-0.3, -0.25) is 9.00 Å². The molecule has 0 saturated carbocycles. The Morgan fingerprint density at radius 1 is 1.09 bits per heavy atom. The molecule has 0 fully saturated rings. The average Bonchev–Trinajstić information content (AvgIpc) is 2.92. The van der Waals surface area contributed by atoms with Crippen LogP contribution < -0.4 is 0 Å². The lowest BCUT2D eigenvalue weighted by Crippen LogP contribution is -2.42. The minimum atomic E-state index is -2.24. The molecule has 32 heavy (non-hydrogen) atoms. The van der Waals surface area contributed by atoms with Gasteiger partial charge in [0.15, 0.2) is 0 Å². The van der Waals surface area contributed by atoms with Crippen LogP contribution in [0.5, 0.6) is 0 Å². The van der Waals surface area contributed by atoms with E-state index >= 15 is 0 Å². The molecule has 2 aromatic carbocycles. The van der Waals surface area contributed by atoms with Crippen LogP contribution in [0.2, 0.25) is 18.1 Å². The SMILES string of the molecule is CC1=C(CC(=O)O[Si](C)(C)C(C)(C)C)c2cc(F)ccc2/C1=C\c1ccc(S(C)=O)cc1. The fraction of sp³-hybridized carbons (Fsp3) is 0.346. The van der Waals surface area contributed by atoms with E-state index in [1.165, 1.54) is 12.1 Å². The summed E-state index contributed by atoms with van der Waals surface area (Å²) in [5.74, 6) is -0.597. The van der Waals surface area contributed by atoms with Crippen molar-refractivity contribution in [2.45, 2.75) is 57.1 Å². The van der Waals surface area contributed by atoms with E-state index in [-0.39, 0.29) is 23.2 Å². The standard InChI is InChI=1S/C26H31FO3SSi/c1-17-22(14-18-8-11-20(12-9-18)31(5)29)21-13-10-19(27)15-24(21)23(17)16-25(28)30-32(6,7)26(2,3)4/h8-15H,16H2,1-7H3/b22-14-. The van der Waals surface area contributed by atoms with Crippen LogP contribution in [-0.4, -0.2) is 24.8 Å². The Morgan fingerprint density at radius 2 is 1.72 bits per heavy atom. The molecule has 1 aliphatic carbocycles. The number of benzene rings is 2. The fourth-order valence-corrected chi connectivity index (χ4v) is 4.99. The van der Waals surface area contributed by atoms with Gasteiger partial charge in [-0.2, -0.15) is 0 Å². The van der Waals surface area contributed by atoms with E-state index in [9.17, 15) is 13.4 Å². The first-order valence-electron chi connectivity index (χ1n) is 10.7. The van der Waals surface area contributed by atoms with E-state index in [1.54, 1.807) is 12.3 Å². The summed E-state index contributed by atoms with van der Waals surface area (Å²) in [6, 6.07) is 12.2. The minimum absolute atomic E-state index is 0.0782. The molecule has 1 unspecified atom stereocenters. The highest BCUT2D eigenvalue weighted by Crippen LogP contribution is 2.44. The van der Waals surface area contributed by atoms with Crippen molar-refractivity contribution < 1.29 is 17.8 Å². The summed E-state index contributed by atoms with van der Waals surface area (Å²) in [6.45, 7) is 12.3. The van der Waals surface area contributed by atoms with Gasteiger partial charge in [0, 0.05) is 22.0 Å². The monoisotopic (exact) mass is 470 g/mol. The first-order chi connectivity index (χ1) is 14.8. The Labute approximate surface area is 194 Å². The average molecular weight is 471 g/mol. The molecule has 1 aliphatic rings. The van der Waals surface area contributed by atoms with E-state index in [0.29, 0.717) is 0 Å². The molecule has 0 spiro atoms. The molecule has 3 nitrogen and oxygen atoms in total. The third-order valence-corrected chi connectivity index (χ3v) is 11.8. The van der Waals surface area contributed by atoms with Crippen molar-refractivity contribution in [1.82, 2.24) is 0 Å². The molecule has 6 heteroatoms. The predicted octanol–water partition coefficient (Wildman–Crippen LogP) is 6.83. The van der Waals surface area contributed by atoms with Gasteiger partial charge in [-0.25, -0.2) is 4.39 Å². The van der Waals surface area contributed by atoms with Crippen LogP contribution in [0.1, 0.15) is 50.8 Å². The Kier molecular flexibility index (Phi) is 6.77. The highest BCUT2D eigenvalue weighted by atomic mass is 32.2. The number of hydrogen-bond acceptors (Lipinski definition) is 3. The molecule has 0 aromatic heterocycles. The topological polar surface area (TPSA) is 43.4 Å². The summed E-state index contributed by atoms with van der Waals surface area (Å²) in [6.07, 6.45) is 3.79. The molecular weight excluding hydrogens is 439 g/mol. The van der Waals surface area contributed by atoms with E-state index < -0.39 is 19.1 Å². The third-order valence-electron chi connectivity index (χ3n) is 6.47. The summed E-state index contributed by atoms with van der Waals surface area (Å²) in [5.41, 5.74) is 5.31. The second kappa shape index (κ2) is 8.91. The molecule has 0 N–H and O–H groups in total. The zero-order valence-electron chi connectivity index (χ0n) is 19.8. The second-order valence-electron chi connectivity index (χ2n) is 9.79. The number of carbonyl (C=O) groups is 1. The molecule has 0 bridgehead atoms. The van der Waals surface area contributed by atoms with Crippen LogP contribution in [0.4, 0.5) is 4.39 Å². The lowest BCUT2D eigenvalue weighted by atomic mass is 10.0. The van der Waals surface area contributed by atoms with Gasteiger partial charge in [0.2, 0.25) is 0 Å². The zero-order chi connectivity index (χ0) is 23.8. The smallest absolute Gasteiger partial charge is 0.296 e. The largest absolute Gasteiger partial charge is 0.519 e. The Hall–Kier alpha value is -2.31. The fourth-order valence-electron chi connectivity index (χ4n) is 3.52. The predicted molar refractivity (Wildman–Crippen MR) is 134 cm³/mol. The van der Waals surface area contributed by atoms with Crippen LogP contribution in [0.3, 0.4) is 0 Å². The lowest BCUT2D eigenvalue weighted by Gasteiger charge is -2.35. The minimum Gasteiger partial charge on any atom is -0.519 e. The quantitative estimate of drug-likeness (QED) is 0.450. The number of hydrogen-bond donors (Lipinski definition) is 0. The summed E-state index contributed by atoms with van der Waals surface area (Å²) in [4.78, 5) is 13.7. The third kappa shape index (κ3) is 5.02. The molecule has 3 rings (SSSR count). The van der Waals surface area contributed by atoms with Crippen LogP contribution in [0.25, 0.3) is 17.2 Å². The van der Waals surface area contributed by atoms with Gasteiger partial charge >= 0.3 is 0 Å². The Bertz CT molecular complexity index is 1140. The first-order valence-corrected chi connectivity index (χ1v) is 15.1. The molecule has 1 atom stereocenters. The maximum absolute atomic E-state index is 14.1. The van der Waals surface area contributed by atoms with E-state index in [2.05, 4.69) is 20.8 Å². The van der Waals surface area contributed by atoms with Gasteiger partial charge in [-0.15, -0.1) is 0 Å². The number of rotatable bonds is 5. The summed E-state index contributed by atoms with van der Waals surface area (Å²) in [5, 5.41) is -0.0782. The van der Waals surface area contributed by atoms with Crippen molar-refractivity contribution in [2.24, 2.45) is 0 Å². The number of allylic oxidation sites excluding steroid dienone is 2.